The van der Waals surface area contributed by atoms with Gasteiger partial charge in [-0.2, -0.15) is 41.5 Å². The summed E-state index contributed by atoms with van der Waals surface area (Å²) in [4.78, 5) is 0. The van der Waals surface area contributed by atoms with E-state index in [9.17, 15) is 0 Å². The maximum atomic E-state index is 3.82. The molecule has 3 heteroatoms. The Kier molecular flexibility index (Phi) is 14.0. The van der Waals surface area contributed by atoms with Crippen molar-refractivity contribution in [2.75, 3.05) is 0 Å². The van der Waals surface area contributed by atoms with E-state index in [1.165, 1.54) is 75.2 Å². The van der Waals surface area contributed by atoms with E-state index in [1.807, 2.05) is 18.2 Å². The van der Waals surface area contributed by atoms with Crippen LogP contribution >= 0.6 is 0 Å². The Hall–Kier alpha value is -2.18. The molecule has 0 aliphatic heterocycles. The normalized spacial score (nSPS) is 10.0. The maximum absolute atomic E-state index is 3.82. The Bertz CT molecular complexity index is 1210. The van der Waals surface area contributed by atoms with Crippen LogP contribution in [0.25, 0.3) is 23.3 Å². The molecule has 184 valence electrons. The van der Waals surface area contributed by atoms with Gasteiger partial charge in [-0.05, 0) is 12.0 Å². The first-order chi connectivity index (χ1) is 16.4. The maximum Gasteiger partial charge on any atom is -0.0635 e. The zero-order chi connectivity index (χ0) is 24.5. The predicted molar refractivity (Wildman–Crippen MR) is 146 cm³/mol. The second-order valence-corrected chi connectivity index (χ2v) is 9.97. The molecular weight excluding hydrogens is 558 g/mol. The molecule has 0 heterocycles. The fraction of sp³-hybridized carbons (Fsp3) is 0.152. The van der Waals surface area contributed by atoms with E-state index in [1.54, 1.807) is 3.21 Å². The van der Waals surface area contributed by atoms with Gasteiger partial charge in [0.15, 0.2) is 0 Å². The van der Waals surface area contributed by atoms with Gasteiger partial charge in [-0.25, -0.2) is 11.6 Å². The summed E-state index contributed by atoms with van der Waals surface area (Å²) >= 11 is 1.54. The molecule has 0 saturated carbocycles. The van der Waals surface area contributed by atoms with Crippen molar-refractivity contribution in [1.29, 1.82) is 0 Å². The molecule has 0 bridgehead atoms. The molecule has 0 radical (unpaired) electrons. The number of halogens is 2. The van der Waals surface area contributed by atoms with Gasteiger partial charge in [0.25, 0.3) is 0 Å². The van der Waals surface area contributed by atoms with Gasteiger partial charge in [-0.1, -0.05) is 55.8 Å². The third-order valence-electron chi connectivity index (χ3n) is 5.85. The molecule has 0 N–H and O–H groups in total. The molecule has 0 amide bonds. The largest absolute Gasteiger partial charge is 1.00 e. The predicted octanol–water partition coefficient (Wildman–Crippen LogP) is 2.54. The molecule has 4 aromatic rings. The van der Waals surface area contributed by atoms with Crippen molar-refractivity contribution in [3.63, 3.8) is 0 Å². The van der Waals surface area contributed by atoms with E-state index in [-0.39, 0.29) is 24.8 Å². The van der Waals surface area contributed by atoms with Crippen molar-refractivity contribution in [2.24, 2.45) is 0 Å². The third kappa shape index (κ3) is 8.74. The summed E-state index contributed by atoms with van der Waals surface area (Å²) in [6, 6.07) is 31.1. The summed E-state index contributed by atoms with van der Waals surface area (Å²) in [6.45, 7) is 14.0. The minimum atomic E-state index is 0. The molecule has 4 aromatic carbocycles. The van der Waals surface area contributed by atoms with Crippen LogP contribution in [0.15, 0.2) is 92.0 Å². The van der Waals surface area contributed by atoms with Crippen LogP contribution in [-0.2, 0) is 30.7 Å². The molecule has 0 nitrogen and oxygen atoms in total. The van der Waals surface area contributed by atoms with Crippen molar-refractivity contribution < 1.29 is 49.0 Å². The number of hydrogen-bond acceptors (Lipinski definition) is 0. The fourth-order valence-electron chi connectivity index (χ4n) is 3.93. The Morgan fingerprint density at radius 1 is 0.944 bits per heavy atom. The van der Waals surface area contributed by atoms with Gasteiger partial charge in [-0.3, -0.25) is 0 Å². The molecule has 1 aliphatic carbocycles. The Labute approximate surface area is 244 Å². The fourth-order valence-corrected chi connectivity index (χ4v) is 4.34. The van der Waals surface area contributed by atoms with E-state index < -0.39 is 0 Å². The van der Waals surface area contributed by atoms with Gasteiger partial charge in [0.2, 0.25) is 0 Å². The number of hydrogen-bond donors (Lipinski definition) is 0. The van der Waals surface area contributed by atoms with Crippen LogP contribution in [0.3, 0.4) is 0 Å². The van der Waals surface area contributed by atoms with E-state index in [0.717, 1.165) is 12.0 Å². The van der Waals surface area contributed by atoms with E-state index in [0.29, 0.717) is 0 Å². The van der Waals surface area contributed by atoms with E-state index in [4.69, 9.17) is 0 Å². The molecule has 0 spiro atoms. The molecule has 0 unspecified atom stereocenters. The molecule has 0 saturated heterocycles. The van der Waals surface area contributed by atoms with Crippen molar-refractivity contribution >= 4 is 15.4 Å². The van der Waals surface area contributed by atoms with Crippen LogP contribution < -0.4 is 24.8 Å². The molecule has 0 fully saturated rings. The van der Waals surface area contributed by atoms with Crippen LogP contribution in [0.4, 0.5) is 0 Å². The Morgan fingerprint density at radius 2 is 1.61 bits per heavy atom. The van der Waals surface area contributed by atoms with Crippen molar-refractivity contribution in [1.82, 2.24) is 0 Å². The molecular formula is C33H32Cl2Zr-2. The standard InChI is InChI=1S/C17H13.C9H10.C7H9.2ClH.Zr/c1-3-12-5-7-14-11-15-8-6-13(4-2)10-17(15)16(14)9-12;1-2-6-9-7-4-3-5-8-9;1-6-3-4-7(2)5-6;;;/h3-7,9-10H,1-2,11H2;3-5,7-8H,2H2,1H3;3-5H,1-2H3;2*1H;/q-1;;-1;;;+2/p-2. The minimum absolute atomic E-state index is 0. The van der Waals surface area contributed by atoms with Crippen LogP contribution in [0.1, 0.15) is 52.3 Å². The third-order valence-corrected chi connectivity index (χ3v) is 7.43. The van der Waals surface area contributed by atoms with Gasteiger partial charge in [0.05, 0.1) is 0 Å². The molecule has 5 rings (SSSR count). The molecule has 0 aromatic heterocycles. The SMILES string of the molecule is C=Cc1c[c-]c2c(c1)-c1cc(C=C)ccc1C2.CC[C](=[Zr+2])c1ccccc1.Cc1c[cH-]c(C)c1.[Cl-].[Cl-]. The number of aryl methyl sites for hydroxylation is 2. The zero-order valence-corrected chi connectivity index (χ0v) is 25.2. The smallest absolute Gasteiger partial charge is 0.0635 e. The van der Waals surface area contributed by atoms with E-state index in [2.05, 4.69) is 113 Å². The quantitative estimate of drug-likeness (QED) is 0.283. The van der Waals surface area contributed by atoms with E-state index >= 15 is 0 Å². The molecule has 36 heavy (non-hydrogen) atoms. The van der Waals surface area contributed by atoms with Crippen LogP contribution in [0.2, 0.25) is 0 Å². The van der Waals surface area contributed by atoms with Crippen molar-refractivity contribution in [3.8, 4) is 11.1 Å². The van der Waals surface area contributed by atoms with Gasteiger partial charge >= 0.3 is 76.7 Å². The summed E-state index contributed by atoms with van der Waals surface area (Å²) in [5.74, 6) is 0. The number of rotatable bonds is 4. The van der Waals surface area contributed by atoms with Crippen molar-refractivity contribution in [2.45, 2.75) is 33.6 Å². The van der Waals surface area contributed by atoms with Crippen LogP contribution in [0.5, 0.6) is 0 Å². The van der Waals surface area contributed by atoms with Crippen LogP contribution in [0, 0.1) is 19.9 Å². The summed E-state index contributed by atoms with van der Waals surface area (Å²) in [6.07, 6.45) is 5.92. The average Bonchev–Trinajstić information content (AvgIpc) is 3.45. The monoisotopic (exact) mass is 588 g/mol. The second-order valence-electron chi connectivity index (χ2n) is 8.49. The first kappa shape index (κ1) is 31.9. The van der Waals surface area contributed by atoms with Gasteiger partial charge in [0.1, 0.15) is 0 Å². The topological polar surface area (TPSA) is 0 Å². The van der Waals surface area contributed by atoms with Gasteiger partial charge in [-0.15, -0.1) is 23.8 Å². The Morgan fingerprint density at radius 3 is 2.14 bits per heavy atom. The van der Waals surface area contributed by atoms with Gasteiger partial charge in [0, 0.05) is 0 Å². The summed E-state index contributed by atoms with van der Waals surface area (Å²) < 4.78 is 1.55. The summed E-state index contributed by atoms with van der Waals surface area (Å²) in [5.41, 5.74) is 11.7. The first-order valence-electron chi connectivity index (χ1n) is 11.7. The first-order valence-corrected chi connectivity index (χ1v) is 12.9. The molecule has 0 atom stereocenters. The zero-order valence-electron chi connectivity index (χ0n) is 21.2. The Balaban J connectivity index is 0.000000293. The van der Waals surface area contributed by atoms with Gasteiger partial charge < -0.3 is 24.8 Å². The van der Waals surface area contributed by atoms with Crippen molar-refractivity contribution in [3.05, 3.63) is 137 Å². The summed E-state index contributed by atoms with van der Waals surface area (Å²) in [7, 11) is 0. The number of benzene rings is 3. The minimum Gasteiger partial charge on any atom is -1.00 e. The molecule has 1 aliphatic rings. The summed E-state index contributed by atoms with van der Waals surface area (Å²) in [5, 5.41) is 0. The number of fused-ring (bicyclic) bond motifs is 3. The average molecular weight is 591 g/mol. The van der Waals surface area contributed by atoms with Crippen LogP contribution in [-0.4, -0.2) is 3.21 Å². The second kappa shape index (κ2) is 15.8.